The lowest BCUT2D eigenvalue weighted by Crippen LogP contribution is -2.36. The van der Waals surface area contributed by atoms with E-state index in [-0.39, 0.29) is 0 Å². The molecule has 0 N–H and O–H groups in total. The Morgan fingerprint density at radius 1 is 1.43 bits per heavy atom. The van der Waals surface area contributed by atoms with Gasteiger partial charge >= 0.3 is 0 Å². The molecule has 3 heterocycles. The first-order valence-electron chi connectivity index (χ1n) is 7.70. The highest BCUT2D eigenvalue weighted by Crippen LogP contribution is 2.23. The first kappa shape index (κ1) is 14.7. The maximum absolute atomic E-state index is 4.75. The summed E-state index contributed by atoms with van der Waals surface area (Å²) in [6.45, 7) is 8.69. The standard InChI is InChI=1S/C15H23N5S/c1-12(2)15-18-14(9-21-15)8-19-5-3-4-13(6-19)7-20-11-16-10-17-20/h9-13H,3-8H2,1-2H3/t13-/m1/s1. The average Bonchev–Trinajstić information content (AvgIpc) is 3.11. The Kier molecular flexibility index (Phi) is 4.65. The fourth-order valence-electron chi connectivity index (χ4n) is 2.93. The predicted molar refractivity (Wildman–Crippen MR) is 84.2 cm³/mol. The van der Waals surface area contributed by atoms with Crippen molar-refractivity contribution >= 4 is 11.3 Å². The summed E-state index contributed by atoms with van der Waals surface area (Å²) in [6.07, 6.45) is 5.98. The lowest BCUT2D eigenvalue weighted by Gasteiger charge is -2.32. The van der Waals surface area contributed by atoms with Crippen molar-refractivity contribution in [2.24, 2.45) is 5.92 Å². The molecule has 0 radical (unpaired) electrons. The molecule has 0 unspecified atom stereocenters. The normalized spacial score (nSPS) is 20.2. The van der Waals surface area contributed by atoms with Crippen molar-refractivity contribution in [3.05, 3.63) is 28.7 Å². The molecule has 0 spiro atoms. The van der Waals surface area contributed by atoms with E-state index in [0.717, 1.165) is 19.6 Å². The highest BCUT2D eigenvalue weighted by atomic mass is 32.1. The molecule has 0 bridgehead atoms. The molecule has 1 aliphatic rings. The van der Waals surface area contributed by atoms with Gasteiger partial charge in [-0.05, 0) is 25.3 Å². The summed E-state index contributed by atoms with van der Waals surface area (Å²) in [5.74, 6) is 1.20. The number of aromatic nitrogens is 4. The van der Waals surface area contributed by atoms with Crippen molar-refractivity contribution < 1.29 is 0 Å². The zero-order chi connectivity index (χ0) is 14.7. The quantitative estimate of drug-likeness (QED) is 0.852. The van der Waals surface area contributed by atoms with Crippen molar-refractivity contribution in [1.82, 2.24) is 24.6 Å². The number of likely N-dealkylation sites (tertiary alicyclic amines) is 1. The van der Waals surface area contributed by atoms with Crippen LogP contribution in [0.5, 0.6) is 0 Å². The van der Waals surface area contributed by atoms with Crippen molar-refractivity contribution in [2.45, 2.75) is 45.7 Å². The van der Waals surface area contributed by atoms with Gasteiger partial charge in [0.05, 0.1) is 10.7 Å². The largest absolute Gasteiger partial charge is 0.297 e. The van der Waals surface area contributed by atoms with Crippen LogP contribution in [0.4, 0.5) is 0 Å². The number of rotatable bonds is 5. The summed E-state index contributed by atoms with van der Waals surface area (Å²) in [5, 5.41) is 7.69. The molecule has 0 aliphatic carbocycles. The first-order valence-corrected chi connectivity index (χ1v) is 8.57. The minimum Gasteiger partial charge on any atom is -0.297 e. The minimum atomic E-state index is 0.533. The second kappa shape index (κ2) is 6.66. The summed E-state index contributed by atoms with van der Waals surface area (Å²) in [4.78, 5) is 11.3. The van der Waals surface area contributed by atoms with Crippen LogP contribution in [0.2, 0.25) is 0 Å². The van der Waals surface area contributed by atoms with Crippen molar-refractivity contribution in [2.75, 3.05) is 13.1 Å². The Morgan fingerprint density at radius 3 is 3.05 bits per heavy atom. The van der Waals surface area contributed by atoms with Crippen LogP contribution in [-0.4, -0.2) is 37.7 Å². The molecule has 3 rings (SSSR count). The van der Waals surface area contributed by atoms with Crippen LogP contribution >= 0.6 is 11.3 Å². The molecule has 0 aromatic carbocycles. The Hall–Kier alpha value is -1.27. The van der Waals surface area contributed by atoms with Crippen LogP contribution in [-0.2, 0) is 13.1 Å². The van der Waals surface area contributed by atoms with E-state index in [1.165, 1.54) is 30.1 Å². The lowest BCUT2D eigenvalue weighted by molar-refractivity contribution is 0.152. The second-order valence-electron chi connectivity index (χ2n) is 6.19. The third-order valence-corrected chi connectivity index (χ3v) is 5.16. The monoisotopic (exact) mass is 305 g/mol. The molecular weight excluding hydrogens is 282 g/mol. The predicted octanol–water partition coefficient (Wildman–Crippen LogP) is 2.77. The van der Waals surface area contributed by atoms with Gasteiger partial charge in [0.1, 0.15) is 12.7 Å². The second-order valence-corrected chi connectivity index (χ2v) is 7.08. The molecule has 0 saturated carbocycles. The SMILES string of the molecule is CC(C)c1nc(CN2CCC[C@@H](Cn3cncn3)C2)cs1. The lowest BCUT2D eigenvalue weighted by atomic mass is 9.98. The minimum absolute atomic E-state index is 0.533. The summed E-state index contributed by atoms with van der Waals surface area (Å²) < 4.78 is 1.95. The zero-order valence-electron chi connectivity index (χ0n) is 12.8. The van der Waals surface area contributed by atoms with Gasteiger partial charge in [-0.2, -0.15) is 5.10 Å². The number of hydrogen-bond donors (Lipinski definition) is 0. The van der Waals surface area contributed by atoms with E-state index < -0.39 is 0 Å². The van der Waals surface area contributed by atoms with Gasteiger partial charge in [-0.25, -0.2) is 9.97 Å². The molecule has 0 amide bonds. The number of nitrogens with zero attached hydrogens (tertiary/aromatic N) is 5. The molecule has 6 heteroatoms. The van der Waals surface area contributed by atoms with Crippen LogP contribution < -0.4 is 0 Å². The zero-order valence-corrected chi connectivity index (χ0v) is 13.6. The Labute approximate surface area is 130 Å². The third kappa shape index (κ3) is 3.89. The molecular formula is C15H23N5S. The smallest absolute Gasteiger partial charge is 0.137 e. The van der Waals surface area contributed by atoms with Gasteiger partial charge in [-0.15, -0.1) is 11.3 Å². The van der Waals surface area contributed by atoms with Crippen LogP contribution in [0.1, 0.15) is 43.3 Å². The molecule has 1 fully saturated rings. The molecule has 21 heavy (non-hydrogen) atoms. The number of hydrogen-bond acceptors (Lipinski definition) is 5. The Balaban J connectivity index is 1.55. The molecule has 5 nitrogen and oxygen atoms in total. The van der Waals surface area contributed by atoms with E-state index in [4.69, 9.17) is 4.98 Å². The topological polar surface area (TPSA) is 46.8 Å². The molecule has 1 aliphatic heterocycles. The Morgan fingerprint density at radius 2 is 2.33 bits per heavy atom. The van der Waals surface area contributed by atoms with Crippen molar-refractivity contribution in [3.8, 4) is 0 Å². The number of thiazole rings is 1. The summed E-state index contributed by atoms with van der Waals surface area (Å²) in [5.41, 5.74) is 1.23. The maximum atomic E-state index is 4.75. The third-order valence-electron chi connectivity index (χ3n) is 3.96. The van der Waals surface area contributed by atoms with E-state index in [9.17, 15) is 0 Å². The summed E-state index contributed by atoms with van der Waals surface area (Å²) in [7, 11) is 0. The van der Waals surface area contributed by atoms with Crippen LogP contribution in [0.15, 0.2) is 18.0 Å². The molecule has 114 valence electrons. The first-order chi connectivity index (χ1) is 10.2. The highest BCUT2D eigenvalue weighted by molar-refractivity contribution is 7.09. The van der Waals surface area contributed by atoms with Crippen LogP contribution in [0, 0.1) is 5.92 Å². The van der Waals surface area contributed by atoms with Gasteiger partial charge in [-0.3, -0.25) is 9.58 Å². The van der Waals surface area contributed by atoms with Crippen molar-refractivity contribution in [3.63, 3.8) is 0 Å². The summed E-state index contributed by atoms with van der Waals surface area (Å²) >= 11 is 1.79. The van der Waals surface area contributed by atoms with E-state index in [0.29, 0.717) is 11.8 Å². The van der Waals surface area contributed by atoms with Crippen LogP contribution in [0.3, 0.4) is 0 Å². The van der Waals surface area contributed by atoms with Gasteiger partial charge in [0, 0.05) is 30.9 Å². The molecule has 1 atom stereocenters. The highest BCUT2D eigenvalue weighted by Gasteiger charge is 2.21. The van der Waals surface area contributed by atoms with E-state index >= 15 is 0 Å². The van der Waals surface area contributed by atoms with Gasteiger partial charge in [-0.1, -0.05) is 13.8 Å². The van der Waals surface area contributed by atoms with Gasteiger partial charge in [0.2, 0.25) is 0 Å². The van der Waals surface area contributed by atoms with E-state index in [2.05, 4.69) is 34.2 Å². The average molecular weight is 305 g/mol. The fraction of sp³-hybridized carbons (Fsp3) is 0.667. The fourth-order valence-corrected chi connectivity index (χ4v) is 3.75. The maximum Gasteiger partial charge on any atom is 0.137 e. The van der Waals surface area contributed by atoms with Crippen LogP contribution in [0.25, 0.3) is 0 Å². The number of piperidine rings is 1. The Bertz CT molecular complexity index is 548. The van der Waals surface area contributed by atoms with Gasteiger partial charge in [0.15, 0.2) is 0 Å². The summed E-state index contributed by atoms with van der Waals surface area (Å²) in [6, 6.07) is 0. The van der Waals surface area contributed by atoms with Gasteiger partial charge < -0.3 is 0 Å². The van der Waals surface area contributed by atoms with Crippen molar-refractivity contribution in [1.29, 1.82) is 0 Å². The molecule has 1 saturated heterocycles. The van der Waals surface area contributed by atoms with Gasteiger partial charge in [0.25, 0.3) is 0 Å². The van der Waals surface area contributed by atoms with E-state index in [1.807, 2.05) is 11.0 Å². The molecule has 2 aromatic rings. The molecule has 2 aromatic heterocycles. The van der Waals surface area contributed by atoms with E-state index in [1.54, 1.807) is 17.7 Å².